The van der Waals surface area contributed by atoms with E-state index in [2.05, 4.69) is 9.97 Å². The van der Waals surface area contributed by atoms with Gasteiger partial charge in [0.2, 0.25) is 0 Å². The van der Waals surface area contributed by atoms with Gasteiger partial charge in [0, 0.05) is 21.7 Å². The number of aromatic nitrogens is 2. The lowest BCUT2D eigenvalue weighted by atomic mass is 9.85. The summed E-state index contributed by atoms with van der Waals surface area (Å²) in [6.45, 7) is 0. The minimum atomic E-state index is -0.363. The molecule has 1 N–H and O–H groups in total. The van der Waals surface area contributed by atoms with Crippen molar-refractivity contribution in [2.45, 2.75) is 48.9 Å². The van der Waals surface area contributed by atoms with Crippen LogP contribution in [0.3, 0.4) is 0 Å². The number of benzene rings is 1. The molecule has 0 bridgehead atoms. The van der Waals surface area contributed by atoms with E-state index >= 15 is 0 Å². The average Bonchev–Trinajstić information content (AvgIpc) is 2.62. The number of hydrogen-bond donors (Lipinski definition) is 1. The number of H-pyrrole nitrogens is 1. The Morgan fingerprint density at radius 3 is 2.76 bits per heavy atom. The fraction of sp³-hybridized carbons (Fsp3) is 0.389. The molecule has 1 aliphatic rings. The van der Waals surface area contributed by atoms with Crippen LogP contribution in [0.2, 0.25) is 10.0 Å². The van der Waals surface area contributed by atoms with Gasteiger partial charge in [-0.15, -0.1) is 0 Å². The van der Waals surface area contributed by atoms with Gasteiger partial charge in [0.1, 0.15) is 11.6 Å². The zero-order chi connectivity index (χ0) is 17.8. The summed E-state index contributed by atoms with van der Waals surface area (Å²) >= 11 is 13.6. The Labute approximate surface area is 160 Å². The first-order valence-corrected chi connectivity index (χ1v) is 9.93. The highest BCUT2D eigenvalue weighted by molar-refractivity contribution is 7.98. The molecule has 25 heavy (non-hydrogen) atoms. The maximum Gasteiger partial charge on any atom is 0.269 e. The lowest BCUT2D eigenvalue weighted by Crippen LogP contribution is -2.20. The zero-order valence-electron chi connectivity index (χ0n) is 13.5. The molecule has 1 saturated carbocycles. The maximum atomic E-state index is 12.3. The van der Waals surface area contributed by atoms with E-state index < -0.39 is 0 Å². The first-order chi connectivity index (χ1) is 12.1. The average molecular weight is 394 g/mol. The number of nitrogens with one attached hydrogen (secondary N) is 1. The van der Waals surface area contributed by atoms with Gasteiger partial charge >= 0.3 is 0 Å². The highest BCUT2D eigenvalue weighted by Gasteiger charge is 2.23. The largest absolute Gasteiger partial charge is 0.300 e. The number of hydrogen-bond acceptors (Lipinski definition) is 4. The van der Waals surface area contributed by atoms with Crippen LogP contribution in [0, 0.1) is 11.3 Å². The van der Waals surface area contributed by atoms with Crippen molar-refractivity contribution >= 4 is 35.0 Å². The molecule has 4 nitrogen and oxygen atoms in total. The molecule has 0 saturated heterocycles. The Kier molecular flexibility index (Phi) is 6.06. The van der Waals surface area contributed by atoms with Gasteiger partial charge in [0.05, 0.1) is 5.69 Å². The Bertz CT molecular complexity index is 870. The van der Waals surface area contributed by atoms with E-state index in [9.17, 15) is 10.1 Å². The summed E-state index contributed by atoms with van der Waals surface area (Å²) in [5.74, 6) is 0.734. The predicted molar refractivity (Wildman–Crippen MR) is 101 cm³/mol. The van der Waals surface area contributed by atoms with Gasteiger partial charge < -0.3 is 4.98 Å². The molecule has 0 atom stereocenters. The van der Waals surface area contributed by atoms with Gasteiger partial charge in [-0.2, -0.15) is 5.26 Å². The Hall–Kier alpha value is -1.48. The first-order valence-electron chi connectivity index (χ1n) is 8.19. The van der Waals surface area contributed by atoms with Crippen molar-refractivity contribution in [2.24, 2.45) is 0 Å². The highest BCUT2D eigenvalue weighted by Crippen LogP contribution is 2.33. The van der Waals surface area contributed by atoms with E-state index in [1.807, 2.05) is 6.07 Å². The van der Waals surface area contributed by atoms with Gasteiger partial charge in [-0.05, 0) is 36.6 Å². The van der Waals surface area contributed by atoms with E-state index in [0.717, 1.165) is 31.2 Å². The Morgan fingerprint density at radius 1 is 1.28 bits per heavy atom. The van der Waals surface area contributed by atoms with Crippen LogP contribution in [0.4, 0.5) is 0 Å². The van der Waals surface area contributed by atoms with Crippen LogP contribution in [0.15, 0.2) is 28.2 Å². The van der Waals surface area contributed by atoms with Crippen LogP contribution in [0.5, 0.6) is 0 Å². The molecular weight excluding hydrogens is 377 g/mol. The molecule has 0 unspecified atom stereocenters. The first kappa shape index (κ1) is 18.3. The van der Waals surface area contributed by atoms with E-state index in [0.29, 0.717) is 26.6 Å². The summed E-state index contributed by atoms with van der Waals surface area (Å²) in [6, 6.07) is 7.32. The number of halogens is 2. The molecule has 1 aromatic heterocycles. The summed E-state index contributed by atoms with van der Waals surface area (Å²) in [5.41, 5.74) is 1.31. The molecule has 7 heteroatoms. The summed E-state index contributed by atoms with van der Waals surface area (Å²) < 4.78 is 0. The number of aromatic amines is 1. The SMILES string of the molecule is N#Cc1c(C2CCCCC2)nc(SCc2cc(Cl)ccc2Cl)[nH]c1=O. The van der Waals surface area contributed by atoms with Gasteiger partial charge in [-0.25, -0.2) is 4.98 Å². The summed E-state index contributed by atoms with van der Waals surface area (Å²) in [5, 5.41) is 11.1. The van der Waals surface area contributed by atoms with Crippen LogP contribution in [-0.4, -0.2) is 9.97 Å². The van der Waals surface area contributed by atoms with Crippen molar-refractivity contribution in [3.63, 3.8) is 0 Å². The van der Waals surface area contributed by atoms with E-state index in [1.165, 1.54) is 18.2 Å². The molecule has 0 radical (unpaired) electrons. The Balaban J connectivity index is 1.87. The van der Waals surface area contributed by atoms with Gasteiger partial charge in [0.15, 0.2) is 5.16 Å². The second-order valence-corrected chi connectivity index (χ2v) is 7.91. The number of nitrogens with zero attached hydrogens (tertiary/aromatic N) is 2. The van der Waals surface area contributed by atoms with Crippen LogP contribution in [0.1, 0.15) is 54.8 Å². The molecule has 3 rings (SSSR count). The number of nitriles is 1. The summed E-state index contributed by atoms with van der Waals surface area (Å²) in [4.78, 5) is 19.6. The topological polar surface area (TPSA) is 69.5 Å². The van der Waals surface area contributed by atoms with Gasteiger partial charge in [0.25, 0.3) is 5.56 Å². The van der Waals surface area contributed by atoms with E-state index in [-0.39, 0.29) is 17.0 Å². The smallest absolute Gasteiger partial charge is 0.269 e. The van der Waals surface area contributed by atoms with Gasteiger partial charge in [-0.1, -0.05) is 54.2 Å². The Morgan fingerprint density at radius 2 is 2.04 bits per heavy atom. The fourth-order valence-electron chi connectivity index (χ4n) is 3.12. The standard InChI is InChI=1S/C18H17Cl2N3OS/c19-13-6-7-15(20)12(8-13)10-25-18-22-16(11-4-2-1-3-5-11)14(9-21)17(24)23-18/h6-8,11H,1-5,10H2,(H,22,23,24). The van der Waals surface area contributed by atoms with Crippen LogP contribution in [0.25, 0.3) is 0 Å². The summed E-state index contributed by atoms with van der Waals surface area (Å²) in [7, 11) is 0. The lowest BCUT2D eigenvalue weighted by molar-refractivity contribution is 0.433. The van der Waals surface area contributed by atoms with Crippen molar-refractivity contribution in [2.75, 3.05) is 0 Å². The minimum Gasteiger partial charge on any atom is -0.300 e. The van der Waals surface area contributed by atoms with E-state index in [1.54, 1.807) is 18.2 Å². The molecule has 0 amide bonds. The molecule has 1 aliphatic carbocycles. The van der Waals surface area contributed by atoms with Crippen molar-refractivity contribution < 1.29 is 0 Å². The second kappa shape index (κ2) is 8.27. The second-order valence-electron chi connectivity index (χ2n) is 6.10. The zero-order valence-corrected chi connectivity index (χ0v) is 15.8. The van der Waals surface area contributed by atoms with Crippen LogP contribution < -0.4 is 5.56 Å². The monoisotopic (exact) mass is 393 g/mol. The fourth-order valence-corrected chi connectivity index (χ4v) is 4.43. The maximum absolute atomic E-state index is 12.3. The van der Waals surface area contributed by atoms with Crippen LogP contribution >= 0.6 is 35.0 Å². The minimum absolute atomic E-state index is 0.150. The molecule has 0 spiro atoms. The molecule has 1 heterocycles. The normalized spacial score (nSPS) is 15.1. The van der Waals surface area contributed by atoms with Crippen molar-refractivity contribution in [1.82, 2.24) is 9.97 Å². The highest BCUT2D eigenvalue weighted by atomic mass is 35.5. The third-order valence-electron chi connectivity index (χ3n) is 4.40. The third kappa shape index (κ3) is 4.38. The van der Waals surface area contributed by atoms with Crippen molar-refractivity contribution in [3.05, 3.63) is 55.4 Å². The lowest BCUT2D eigenvalue weighted by Gasteiger charge is -2.21. The predicted octanol–water partition coefficient (Wildman–Crippen LogP) is 5.29. The number of rotatable bonds is 4. The van der Waals surface area contributed by atoms with Crippen LogP contribution in [-0.2, 0) is 5.75 Å². The molecule has 130 valence electrons. The number of thioether (sulfide) groups is 1. The molecule has 0 aliphatic heterocycles. The quantitative estimate of drug-likeness (QED) is 0.565. The third-order valence-corrected chi connectivity index (χ3v) is 5.93. The van der Waals surface area contributed by atoms with Gasteiger partial charge in [-0.3, -0.25) is 4.79 Å². The van der Waals surface area contributed by atoms with Crippen molar-refractivity contribution in [1.29, 1.82) is 5.26 Å². The molecular formula is C18H17Cl2N3OS. The summed E-state index contributed by atoms with van der Waals surface area (Å²) in [6.07, 6.45) is 5.40. The molecule has 2 aromatic rings. The molecule has 1 aromatic carbocycles. The van der Waals surface area contributed by atoms with Crippen molar-refractivity contribution in [3.8, 4) is 6.07 Å². The van der Waals surface area contributed by atoms with E-state index in [4.69, 9.17) is 23.2 Å². The molecule has 1 fully saturated rings.